The van der Waals surface area contributed by atoms with Crippen LogP contribution in [0, 0.1) is 0 Å². The minimum atomic E-state index is -1.25. The van der Waals surface area contributed by atoms with Crippen molar-refractivity contribution in [2.24, 2.45) is 0 Å². The monoisotopic (exact) mass is 331 g/mol. The molecule has 0 bridgehead atoms. The molecule has 1 aromatic heterocycles. The molecule has 0 aliphatic carbocycles. The third-order valence-corrected chi connectivity index (χ3v) is 4.57. The number of hydrogen-bond acceptors (Lipinski definition) is 4. The number of aromatic nitrogens is 2. The topological polar surface area (TPSA) is 123 Å². The van der Waals surface area contributed by atoms with Crippen LogP contribution >= 0.6 is 0 Å². The lowest BCUT2D eigenvalue weighted by molar-refractivity contribution is -0.150. The van der Waals surface area contributed by atoms with Gasteiger partial charge in [-0.25, -0.2) is 4.79 Å². The van der Waals surface area contributed by atoms with Crippen LogP contribution in [0.25, 0.3) is 11.0 Å². The molecule has 1 fully saturated rings. The molecule has 1 aromatic carbocycles. The summed E-state index contributed by atoms with van der Waals surface area (Å²) in [6.45, 7) is 1.91. The molecule has 1 saturated heterocycles. The fraction of sp³-hybridized carbons (Fsp3) is 0.375. The number of nitrogens with zero attached hydrogens (tertiary/aromatic N) is 1. The summed E-state index contributed by atoms with van der Waals surface area (Å²) >= 11 is 0. The van der Waals surface area contributed by atoms with E-state index in [2.05, 4.69) is 9.97 Å². The first-order valence-corrected chi connectivity index (χ1v) is 7.65. The zero-order valence-electron chi connectivity index (χ0n) is 13.1. The molecule has 0 saturated carbocycles. The molecule has 0 unspecified atom stereocenters. The highest BCUT2D eigenvalue weighted by molar-refractivity contribution is 6.00. The summed E-state index contributed by atoms with van der Waals surface area (Å²) in [4.78, 5) is 53.4. The maximum atomic E-state index is 12.8. The van der Waals surface area contributed by atoms with E-state index in [0.29, 0.717) is 24.0 Å². The quantitative estimate of drug-likeness (QED) is 0.698. The van der Waals surface area contributed by atoms with E-state index >= 15 is 0 Å². The standard InChI is InChI=1S/C16H17N3O5/c1-16(15(23)24)6-2-3-7-19(16)14(22)9-4-5-10-11(8-9)18-13(21)12(20)17-10/h4-5,8H,2-3,6-7H2,1H3,(H,17,20)(H,18,21)(H,23,24)/t16-/m1/s1. The van der Waals surface area contributed by atoms with E-state index in [0.717, 1.165) is 12.8 Å². The largest absolute Gasteiger partial charge is 0.480 e. The summed E-state index contributed by atoms with van der Waals surface area (Å²) in [6, 6.07) is 4.48. The number of carbonyl (C=O) groups excluding carboxylic acids is 1. The summed E-state index contributed by atoms with van der Waals surface area (Å²) in [5, 5.41) is 9.52. The normalized spacial score (nSPS) is 21.0. The van der Waals surface area contributed by atoms with E-state index in [1.165, 1.54) is 23.1 Å². The molecule has 0 radical (unpaired) electrons. The van der Waals surface area contributed by atoms with Gasteiger partial charge >= 0.3 is 17.1 Å². The van der Waals surface area contributed by atoms with Crippen LogP contribution in [-0.2, 0) is 4.79 Å². The number of carbonyl (C=O) groups is 2. The fourth-order valence-corrected chi connectivity index (χ4v) is 3.07. The van der Waals surface area contributed by atoms with Gasteiger partial charge in [-0.15, -0.1) is 0 Å². The smallest absolute Gasteiger partial charge is 0.329 e. The average Bonchev–Trinajstić information content (AvgIpc) is 2.55. The van der Waals surface area contributed by atoms with Gasteiger partial charge in [-0.2, -0.15) is 0 Å². The van der Waals surface area contributed by atoms with Crippen molar-refractivity contribution >= 4 is 22.9 Å². The number of likely N-dealkylation sites (tertiary alicyclic amines) is 1. The maximum Gasteiger partial charge on any atom is 0.329 e. The van der Waals surface area contributed by atoms with Crippen molar-refractivity contribution in [2.45, 2.75) is 31.7 Å². The predicted octanol–water partition coefficient (Wildman–Crippen LogP) is 0.686. The van der Waals surface area contributed by atoms with Crippen LogP contribution in [0.15, 0.2) is 27.8 Å². The Bertz CT molecular complexity index is 945. The van der Waals surface area contributed by atoms with Crippen molar-refractivity contribution in [2.75, 3.05) is 6.54 Å². The highest BCUT2D eigenvalue weighted by Crippen LogP contribution is 2.30. The van der Waals surface area contributed by atoms with Crippen LogP contribution in [0.3, 0.4) is 0 Å². The lowest BCUT2D eigenvalue weighted by Gasteiger charge is -2.41. The van der Waals surface area contributed by atoms with Crippen molar-refractivity contribution in [3.05, 3.63) is 44.5 Å². The van der Waals surface area contributed by atoms with E-state index in [9.17, 15) is 24.3 Å². The second-order valence-electron chi connectivity index (χ2n) is 6.16. The molecule has 2 heterocycles. The lowest BCUT2D eigenvalue weighted by Crippen LogP contribution is -2.57. The summed E-state index contributed by atoms with van der Waals surface area (Å²) < 4.78 is 0. The molecule has 1 atom stereocenters. The van der Waals surface area contributed by atoms with Gasteiger partial charge in [0.25, 0.3) is 5.91 Å². The van der Waals surface area contributed by atoms with Crippen LogP contribution in [0.5, 0.6) is 0 Å². The number of hydrogen-bond donors (Lipinski definition) is 3. The Morgan fingerprint density at radius 3 is 2.46 bits per heavy atom. The Labute approximate surface area is 136 Å². The van der Waals surface area contributed by atoms with Gasteiger partial charge in [0.2, 0.25) is 0 Å². The number of nitrogens with one attached hydrogen (secondary N) is 2. The molecule has 1 amide bonds. The predicted molar refractivity (Wildman–Crippen MR) is 86.1 cm³/mol. The van der Waals surface area contributed by atoms with Gasteiger partial charge in [0.1, 0.15) is 5.54 Å². The second kappa shape index (κ2) is 5.63. The Kier molecular flexibility index (Phi) is 3.75. The average molecular weight is 331 g/mol. The fourth-order valence-electron chi connectivity index (χ4n) is 3.07. The van der Waals surface area contributed by atoms with E-state index in [1.54, 1.807) is 6.92 Å². The molecular formula is C16H17N3O5. The number of fused-ring (bicyclic) bond motifs is 1. The van der Waals surface area contributed by atoms with Gasteiger partial charge in [-0.05, 0) is 44.4 Å². The second-order valence-corrected chi connectivity index (χ2v) is 6.16. The van der Waals surface area contributed by atoms with Gasteiger partial charge in [-0.1, -0.05) is 0 Å². The third-order valence-electron chi connectivity index (χ3n) is 4.57. The summed E-state index contributed by atoms with van der Waals surface area (Å²) in [7, 11) is 0. The lowest BCUT2D eigenvalue weighted by atomic mass is 9.88. The van der Waals surface area contributed by atoms with Gasteiger partial charge in [0.05, 0.1) is 11.0 Å². The molecule has 1 aliphatic rings. The molecule has 0 spiro atoms. The van der Waals surface area contributed by atoms with E-state index in [4.69, 9.17) is 0 Å². The number of aromatic amines is 2. The van der Waals surface area contributed by atoms with Crippen molar-refractivity contribution in [3.8, 4) is 0 Å². The van der Waals surface area contributed by atoms with Crippen molar-refractivity contribution in [3.63, 3.8) is 0 Å². The zero-order valence-corrected chi connectivity index (χ0v) is 13.1. The van der Waals surface area contributed by atoms with Gasteiger partial charge in [0, 0.05) is 12.1 Å². The van der Waals surface area contributed by atoms with Crippen molar-refractivity contribution in [1.29, 1.82) is 0 Å². The first-order chi connectivity index (χ1) is 11.3. The first-order valence-electron chi connectivity index (χ1n) is 7.65. The molecule has 24 heavy (non-hydrogen) atoms. The minimum Gasteiger partial charge on any atom is -0.480 e. The Balaban J connectivity index is 2.04. The Morgan fingerprint density at radius 2 is 1.79 bits per heavy atom. The minimum absolute atomic E-state index is 0.263. The number of carboxylic acids is 1. The van der Waals surface area contributed by atoms with Crippen LogP contribution < -0.4 is 11.1 Å². The first kappa shape index (κ1) is 16.0. The van der Waals surface area contributed by atoms with Crippen LogP contribution in [-0.4, -0.2) is 43.9 Å². The van der Waals surface area contributed by atoms with Gasteiger partial charge < -0.3 is 20.0 Å². The van der Waals surface area contributed by atoms with Crippen LogP contribution in [0.1, 0.15) is 36.5 Å². The summed E-state index contributed by atoms with van der Waals surface area (Å²) in [5.41, 5.74) is -1.84. The third kappa shape index (κ3) is 2.49. The number of H-pyrrole nitrogens is 2. The summed E-state index contributed by atoms with van der Waals surface area (Å²) in [5.74, 6) is -1.44. The maximum absolute atomic E-state index is 12.8. The highest BCUT2D eigenvalue weighted by atomic mass is 16.4. The van der Waals surface area contributed by atoms with Gasteiger partial charge in [-0.3, -0.25) is 14.4 Å². The number of aliphatic carboxylic acids is 1. The van der Waals surface area contributed by atoms with Crippen LogP contribution in [0.2, 0.25) is 0 Å². The zero-order chi connectivity index (χ0) is 17.5. The molecule has 8 heteroatoms. The SMILES string of the molecule is C[C@]1(C(=O)O)CCCCN1C(=O)c1ccc2[nH]c(=O)c(=O)[nH]c2c1. The number of carboxylic acid groups (broad SMARTS) is 1. The summed E-state index contributed by atoms with van der Waals surface area (Å²) in [6.07, 6.45) is 1.89. The van der Waals surface area contributed by atoms with Gasteiger partial charge in [0.15, 0.2) is 0 Å². The molecule has 126 valence electrons. The number of rotatable bonds is 2. The van der Waals surface area contributed by atoms with Crippen molar-refractivity contribution < 1.29 is 14.7 Å². The van der Waals surface area contributed by atoms with Crippen molar-refractivity contribution in [1.82, 2.24) is 14.9 Å². The van der Waals surface area contributed by atoms with E-state index < -0.39 is 28.5 Å². The molecule has 1 aliphatic heterocycles. The van der Waals surface area contributed by atoms with E-state index in [1.807, 2.05) is 0 Å². The molecule has 2 aromatic rings. The number of piperidine rings is 1. The molecule has 3 N–H and O–H groups in total. The van der Waals surface area contributed by atoms with E-state index in [-0.39, 0.29) is 5.56 Å². The number of benzene rings is 1. The Morgan fingerprint density at radius 1 is 1.12 bits per heavy atom. The molecular weight excluding hydrogens is 314 g/mol. The van der Waals surface area contributed by atoms with Crippen LogP contribution in [0.4, 0.5) is 0 Å². The molecule has 3 rings (SSSR count). The highest BCUT2D eigenvalue weighted by Gasteiger charge is 2.44. The number of amides is 1. The Hall–Kier alpha value is -2.90. The molecule has 8 nitrogen and oxygen atoms in total.